The number of pyridine rings is 1. The van der Waals surface area contributed by atoms with Crippen molar-refractivity contribution < 1.29 is 4.79 Å². The number of hydrogen-bond acceptors (Lipinski definition) is 4. The molecule has 16 heavy (non-hydrogen) atoms. The van der Waals surface area contributed by atoms with Gasteiger partial charge in [-0.05, 0) is 25.1 Å². The standard InChI is InChI=1S/C12H17N3O/c1-8(10-6-14-7-10)11(16)5-9-3-2-4-15-12(9)13/h2-4,8,10,14H,5-7H2,1H3,(H2,13,15). The molecule has 86 valence electrons. The van der Waals surface area contributed by atoms with Crippen LogP contribution in [0.3, 0.4) is 0 Å². The molecule has 0 bridgehead atoms. The van der Waals surface area contributed by atoms with Crippen LogP contribution in [0.25, 0.3) is 0 Å². The topological polar surface area (TPSA) is 68.0 Å². The summed E-state index contributed by atoms with van der Waals surface area (Å²) in [4.78, 5) is 16.0. The third-order valence-corrected chi connectivity index (χ3v) is 3.32. The molecule has 0 amide bonds. The molecule has 1 aromatic heterocycles. The van der Waals surface area contributed by atoms with Gasteiger partial charge in [-0.3, -0.25) is 4.79 Å². The number of nitrogens with two attached hydrogens (primary N) is 1. The highest BCUT2D eigenvalue weighted by molar-refractivity contribution is 5.84. The Kier molecular flexibility index (Phi) is 3.19. The molecule has 4 heteroatoms. The molecule has 1 aliphatic rings. The molecule has 1 aliphatic heterocycles. The van der Waals surface area contributed by atoms with Crippen molar-refractivity contribution in [2.24, 2.45) is 11.8 Å². The summed E-state index contributed by atoms with van der Waals surface area (Å²) in [6.07, 6.45) is 2.04. The van der Waals surface area contributed by atoms with Crippen LogP contribution in [0.2, 0.25) is 0 Å². The molecule has 0 spiro atoms. The van der Waals surface area contributed by atoms with Gasteiger partial charge >= 0.3 is 0 Å². The Hall–Kier alpha value is -1.42. The minimum atomic E-state index is 0.112. The average Bonchev–Trinajstić information content (AvgIpc) is 2.18. The van der Waals surface area contributed by atoms with Crippen LogP contribution in [0.1, 0.15) is 12.5 Å². The van der Waals surface area contributed by atoms with Crippen LogP contribution in [0, 0.1) is 11.8 Å². The van der Waals surface area contributed by atoms with Crippen LogP contribution in [0.5, 0.6) is 0 Å². The first-order valence-electron chi connectivity index (χ1n) is 5.61. The first-order chi connectivity index (χ1) is 7.68. The van der Waals surface area contributed by atoms with Crippen LogP contribution < -0.4 is 11.1 Å². The predicted octanol–water partition coefficient (Wildman–Crippen LogP) is 0.631. The summed E-state index contributed by atoms with van der Waals surface area (Å²) < 4.78 is 0. The van der Waals surface area contributed by atoms with Gasteiger partial charge in [-0.1, -0.05) is 13.0 Å². The predicted molar refractivity (Wildman–Crippen MR) is 62.9 cm³/mol. The highest BCUT2D eigenvalue weighted by atomic mass is 16.1. The van der Waals surface area contributed by atoms with Gasteiger partial charge in [-0.25, -0.2) is 4.98 Å². The molecule has 4 nitrogen and oxygen atoms in total. The van der Waals surface area contributed by atoms with Gasteiger partial charge in [0, 0.05) is 24.1 Å². The summed E-state index contributed by atoms with van der Waals surface area (Å²) >= 11 is 0. The van der Waals surface area contributed by atoms with E-state index in [2.05, 4.69) is 10.3 Å². The molecule has 1 saturated heterocycles. The third-order valence-electron chi connectivity index (χ3n) is 3.32. The molecule has 0 aromatic carbocycles. The number of aromatic nitrogens is 1. The molecule has 0 saturated carbocycles. The molecule has 1 atom stereocenters. The Morgan fingerprint density at radius 2 is 2.44 bits per heavy atom. The summed E-state index contributed by atoms with van der Waals surface area (Å²) in [5.41, 5.74) is 6.56. The van der Waals surface area contributed by atoms with Crippen molar-refractivity contribution in [3.63, 3.8) is 0 Å². The maximum Gasteiger partial charge on any atom is 0.140 e. The maximum atomic E-state index is 12.0. The molecule has 0 aliphatic carbocycles. The van der Waals surface area contributed by atoms with Gasteiger partial charge in [0.2, 0.25) is 0 Å². The summed E-state index contributed by atoms with van der Waals surface area (Å²) in [6, 6.07) is 3.68. The van der Waals surface area contributed by atoms with Crippen molar-refractivity contribution in [2.45, 2.75) is 13.3 Å². The van der Waals surface area contributed by atoms with Gasteiger partial charge in [-0.15, -0.1) is 0 Å². The highest BCUT2D eigenvalue weighted by Crippen LogP contribution is 2.19. The minimum absolute atomic E-state index is 0.112. The maximum absolute atomic E-state index is 12.0. The number of Topliss-reactive ketones (excluding diaryl/α,β-unsaturated/α-hetero) is 1. The normalized spacial score (nSPS) is 17.8. The van der Waals surface area contributed by atoms with Gasteiger partial charge in [0.1, 0.15) is 11.6 Å². The lowest BCUT2D eigenvalue weighted by Crippen LogP contribution is -2.47. The molecule has 1 aromatic rings. The van der Waals surface area contributed by atoms with Crippen molar-refractivity contribution in [1.29, 1.82) is 0 Å². The summed E-state index contributed by atoms with van der Waals surface area (Å²) in [5, 5.41) is 3.18. The second-order valence-electron chi connectivity index (χ2n) is 4.40. The summed E-state index contributed by atoms with van der Waals surface area (Å²) in [6.45, 7) is 3.91. The van der Waals surface area contributed by atoms with Crippen molar-refractivity contribution in [1.82, 2.24) is 10.3 Å². The molecule has 0 radical (unpaired) electrons. The van der Waals surface area contributed by atoms with Crippen LogP contribution in [0.4, 0.5) is 5.82 Å². The van der Waals surface area contributed by atoms with Gasteiger partial charge < -0.3 is 11.1 Å². The Labute approximate surface area is 95.3 Å². The Balaban J connectivity index is 1.99. The van der Waals surface area contributed by atoms with Crippen LogP contribution in [-0.2, 0) is 11.2 Å². The Morgan fingerprint density at radius 3 is 3.00 bits per heavy atom. The quantitative estimate of drug-likeness (QED) is 0.779. The third kappa shape index (κ3) is 2.22. The zero-order valence-corrected chi connectivity index (χ0v) is 9.44. The molecular formula is C12H17N3O. The van der Waals surface area contributed by atoms with Crippen molar-refractivity contribution >= 4 is 11.6 Å². The van der Waals surface area contributed by atoms with Crippen molar-refractivity contribution in [3.8, 4) is 0 Å². The molecule has 2 heterocycles. The van der Waals surface area contributed by atoms with E-state index in [0.717, 1.165) is 18.7 Å². The van der Waals surface area contributed by atoms with Gasteiger partial charge in [-0.2, -0.15) is 0 Å². The Bertz CT molecular complexity index is 388. The van der Waals surface area contributed by atoms with Gasteiger partial charge in [0.15, 0.2) is 0 Å². The molecule has 1 unspecified atom stereocenters. The summed E-state index contributed by atoms with van der Waals surface area (Å²) in [5.74, 6) is 1.33. The van der Waals surface area contributed by atoms with Gasteiger partial charge in [0.25, 0.3) is 0 Å². The zero-order valence-electron chi connectivity index (χ0n) is 9.44. The number of hydrogen-bond donors (Lipinski definition) is 2. The number of rotatable bonds is 4. The van der Waals surface area contributed by atoms with Crippen molar-refractivity contribution in [2.75, 3.05) is 18.8 Å². The molecular weight excluding hydrogens is 202 g/mol. The Morgan fingerprint density at radius 1 is 1.69 bits per heavy atom. The van der Waals surface area contributed by atoms with E-state index < -0.39 is 0 Å². The lowest BCUT2D eigenvalue weighted by molar-refractivity contribution is -0.123. The largest absolute Gasteiger partial charge is 0.383 e. The van der Waals surface area contributed by atoms with E-state index in [1.54, 1.807) is 6.20 Å². The fourth-order valence-electron chi connectivity index (χ4n) is 1.88. The van der Waals surface area contributed by atoms with Crippen LogP contribution in [-0.4, -0.2) is 23.9 Å². The van der Waals surface area contributed by atoms with Gasteiger partial charge in [0.05, 0.1) is 0 Å². The van der Waals surface area contributed by atoms with E-state index in [4.69, 9.17) is 5.73 Å². The molecule has 1 fully saturated rings. The number of ketones is 1. The first kappa shape index (κ1) is 11.1. The minimum Gasteiger partial charge on any atom is -0.383 e. The lowest BCUT2D eigenvalue weighted by atomic mass is 9.84. The number of nitrogens with zero attached hydrogens (tertiary/aromatic N) is 1. The van der Waals surface area contributed by atoms with E-state index in [0.29, 0.717) is 18.2 Å². The van der Waals surface area contributed by atoms with E-state index in [9.17, 15) is 4.79 Å². The smallest absolute Gasteiger partial charge is 0.140 e. The van der Waals surface area contributed by atoms with Crippen LogP contribution in [0.15, 0.2) is 18.3 Å². The average molecular weight is 219 g/mol. The SMILES string of the molecule is CC(C(=O)Cc1cccnc1N)C1CNC1. The molecule has 3 N–H and O–H groups in total. The second-order valence-corrected chi connectivity index (χ2v) is 4.40. The second kappa shape index (κ2) is 4.61. The summed E-state index contributed by atoms with van der Waals surface area (Å²) in [7, 11) is 0. The molecule has 2 rings (SSSR count). The number of anilines is 1. The number of nitrogens with one attached hydrogen (secondary N) is 1. The number of nitrogen functional groups attached to an aromatic ring is 1. The van der Waals surface area contributed by atoms with Crippen molar-refractivity contribution in [3.05, 3.63) is 23.9 Å². The lowest BCUT2D eigenvalue weighted by Gasteiger charge is -2.31. The van der Waals surface area contributed by atoms with E-state index in [1.165, 1.54) is 0 Å². The van der Waals surface area contributed by atoms with Crippen LogP contribution >= 0.6 is 0 Å². The zero-order chi connectivity index (χ0) is 11.5. The number of carbonyl (C=O) groups excluding carboxylic acids is 1. The van der Waals surface area contributed by atoms with E-state index >= 15 is 0 Å². The first-order valence-corrected chi connectivity index (χ1v) is 5.61. The fourth-order valence-corrected chi connectivity index (χ4v) is 1.88. The van der Waals surface area contributed by atoms with E-state index in [1.807, 2.05) is 19.1 Å². The fraction of sp³-hybridized carbons (Fsp3) is 0.500. The van der Waals surface area contributed by atoms with E-state index in [-0.39, 0.29) is 11.7 Å². The number of carbonyl (C=O) groups is 1. The monoisotopic (exact) mass is 219 g/mol. The highest BCUT2D eigenvalue weighted by Gasteiger charge is 2.28.